The molecule has 1 aliphatic rings. The fourth-order valence-electron chi connectivity index (χ4n) is 4.57. The molecule has 11 heteroatoms. The normalized spacial score (nSPS) is 15.9. The van der Waals surface area contributed by atoms with Gasteiger partial charge in [0.15, 0.2) is 0 Å². The number of nitrogens with one attached hydrogen (secondary N) is 1. The first-order chi connectivity index (χ1) is 20.6. The van der Waals surface area contributed by atoms with Crippen LogP contribution in [0.2, 0.25) is 0 Å². The molecule has 2 N–H and O–H groups in total. The van der Waals surface area contributed by atoms with Gasteiger partial charge < -0.3 is 19.6 Å². The molecule has 1 aliphatic heterocycles. The molecule has 1 heterocycles. The molecule has 0 radical (unpaired) electrons. The standard InChI is InChI=1S/C30H41N3O8.C2H6/c1-4-5-6-8-13-22(2)16-17-26(29(35)36)31-23(3)28(34)32-21-25-15-10-9-14-24(25)20-27(32)30(37)40-18-11-7-12-19-41-33(38)39;1-2/h4-6,9-10,13-15,23,26-27,31H,1,7-8,11-12,16-21H2,2-3H3,(H,35,36);1-2H3/b6-5-,22-13+;. The van der Waals surface area contributed by atoms with Crippen molar-refractivity contribution < 1.29 is 34.2 Å². The fourth-order valence-corrected chi connectivity index (χ4v) is 4.57. The van der Waals surface area contributed by atoms with E-state index in [2.05, 4.69) is 16.7 Å². The summed E-state index contributed by atoms with van der Waals surface area (Å²) in [5.74, 6) is -1.97. The second kappa shape index (κ2) is 20.8. The van der Waals surface area contributed by atoms with Gasteiger partial charge in [-0.3, -0.25) is 14.9 Å². The van der Waals surface area contributed by atoms with E-state index in [0.717, 1.165) is 23.1 Å². The lowest BCUT2D eigenvalue weighted by Crippen LogP contribution is -2.56. The van der Waals surface area contributed by atoms with Crippen LogP contribution in [0.15, 0.2) is 60.7 Å². The number of esters is 1. The van der Waals surface area contributed by atoms with E-state index in [1.807, 2.05) is 63.3 Å². The van der Waals surface area contributed by atoms with E-state index in [9.17, 15) is 29.6 Å². The molecule has 1 aromatic rings. The highest BCUT2D eigenvalue weighted by atomic mass is 16.9. The molecular formula is C32H47N3O8. The number of rotatable bonds is 18. The monoisotopic (exact) mass is 601 g/mol. The molecule has 0 fully saturated rings. The third kappa shape index (κ3) is 13.7. The molecule has 0 aliphatic carbocycles. The highest BCUT2D eigenvalue weighted by molar-refractivity contribution is 5.88. The van der Waals surface area contributed by atoms with Gasteiger partial charge in [0, 0.05) is 13.0 Å². The Labute approximate surface area is 254 Å². The molecule has 43 heavy (non-hydrogen) atoms. The van der Waals surface area contributed by atoms with Crippen LogP contribution in [0.1, 0.15) is 77.3 Å². The zero-order valence-corrected chi connectivity index (χ0v) is 25.8. The number of hydrogen-bond acceptors (Lipinski definition) is 8. The number of carboxylic acids is 1. The smallest absolute Gasteiger partial charge is 0.329 e. The lowest BCUT2D eigenvalue weighted by molar-refractivity contribution is -0.757. The lowest BCUT2D eigenvalue weighted by atomic mass is 9.93. The first-order valence-corrected chi connectivity index (χ1v) is 14.9. The van der Waals surface area contributed by atoms with Gasteiger partial charge in [-0.2, -0.15) is 0 Å². The second-order valence-electron chi connectivity index (χ2n) is 10.0. The van der Waals surface area contributed by atoms with Crippen molar-refractivity contribution in [3.8, 4) is 0 Å². The van der Waals surface area contributed by atoms with Gasteiger partial charge in [0.2, 0.25) is 5.91 Å². The number of ether oxygens (including phenoxy) is 1. The van der Waals surface area contributed by atoms with Gasteiger partial charge in [-0.25, -0.2) is 4.79 Å². The average molecular weight is 602 g/mol. The summed E-state index contributed by atoms with van der Waals surface area (Å²) in [5.41, 5.74) is 2.92. The molecule has 0 aromatic heterocycles. The summed E-state index contributed by atoms with van der Waals surface area (Å²) in [5, 5.41) is 22.1. The number of fused-ring (bicyclic) bond motifs is 1. The summed E-state index contributed by atoms with van der Waals surface area (Å²) in [7, 11) is 0. The zero-order chi connectivity index (χ0) is 32.2. The molecule has 0 saturated carbocycles. The molecule has 238 valence electrons. The summed E-state index contributed by atoms with van der Waals surface area (Å²) in [6.45, 7) is 11.5. The average Bonchev–Trinajstić information content (AvgIpc) is 3.00. The number of aliphatic carboxylic acids is 1. The Morgan fingerprint density at radius 3 is 2.51 bits per heavy atom. The van der Waals surface area contributed by atoms with E-state index in [0.29, 0.717) is 32.1 Å². The predicted octanol–water partition coefficient (Wildman–Crippen LogP) is 5.18. The van der Waals surface area contributed by atoms with E-state index < -0.39 is 35.2 Å². The second-order valence-corrected chi connectivity index (χ2v) is 10.0. The lowest BCUT2D eigenvalue weighted by Gasteiger charge is -2.37. The van der Waals surface area contributed by atoms with Crippen molar-refractivity contribution in [3.63, 3.8) is 0 Å². The van der Waals surface area contributed by atoms with Crippen molar-refractivity contribution >= 4 is 17.8 Å². The molecule has 3 atom stereocenters. The van der Waals surface area contributed by atoms with Crippen molar-refractivity contribution in [2.45, 2.75) is 97.3 Å². The van der Waals surface area contributed by atoms with Gasteiger partial charge in [0.1, 0.15) is 12.1 Å². The van der Waals surface area contributed by atoms with Crippen LogP contribution in [0.4, 0.5) is 0 Å². The number of hydrogen-bond donors (Lipinski definition) is 2. The Balaban J connectivity index is 0.00000452. The van der Waals surface area contributed by atoms with E-state index in [1.165, 1.54) is 4.90 Å². The Bertz CT molecular complexity index is 1120. The third-order valence-corrected chi connectivity index (χ3v) is 6.86. The van der Waals surface area contributed by atoms with Crippen molar-refractivity contribution in [2.75, 3.05) is 13.2 Å². The van der Waals surface area contributed by atoms with Gasteiger partial charge in [-0.1, -0.05) is 74.6 Å². The SMILES string of the molecule is C=C/C=C\C/C=C(\C)CCC(NC(C)C(=O)N1Cc2ccccc2CC1C(=O)OCCCCCO[N+](=O)[O-])C(=O)O.CC. The number of carboxylic acid groups (broad SMARTS) is 1. The van der Waals surface area contributed by atoms with Crippen LogP contribution in [0.25, 0.3) is 0 Å². The summed E-state index contributed by atoms with van der Waals surface area (Å²) in [4.78, 5) is 54.6. The van der Waals surface area contributed by atoms with Gasteiger partial charge in [0.05, 0.1) is 19.3 Å². The highest BCUT2D eigenvalue weighted by Crippen LogP contribution is 2.25. The van der Waals surface area contributed by atoms with E-state index in [1.54, 1.807) is 13.0 Å². The summed E-state index contributed by atoms with van der Waals surface area (Å²) >= 11 is 0. The quantitative estimate of drug-likeness (QED) is 0.0580. The fraction of sp³-hybridized carbons (Fsp3) is 0.531. The molecule has 3 unspecified atom stereocenters. The topological polar surface area (TPSA) is 148 Å². The van der Waals surface area contributed by atoms with Crippen LogP contribution in [0.5, 0.6) is 0 Å². The Morgan fingerprint density at radius 2 is 1.86 bits per heavy atom. The van der Waals surface area contributed by atoms with E-state index >= 15 is 0 Å². The van der Waals surface area contributed by atoms with Crippen molar-refractivity contribution in [1.82, 2.24) is 10.2 Å². The minimum atomic E-state index is -1.05. The Morgan fingerprint density at radius 1 is 1.19 bits per heavy atom. The Hall–Kier alpha value is -3.99. The largest absolute Gasteiger partial charge is 0.480 e. The van der Waals surface area contributed by atoms with Crippen LogP contribution < -0.4 is 5.32 Å². The molecule has 11 nitrogen and oxygen atoms in total. The summed E-state index contributed by atoms with van der Waals surface area (Å²) in [6, 6.07) is 4.92. The van der Waals surface area contributed by atoms with Crippen molar-refractivity contribution in [2.24, 2.45) is 0 Å². The first-order valence-electron chi connectivity index (χ1n) is 14.9. The number of carbonyl (C=O) groups excluding carboxylic acids is 2. The minimum Gasteiger partial charge on any atom is -0.480 e. The minimum absolute atomic E-state index is 0.0200. The molecule has 2 rings (SSSR count). The van der Waals surface area contributed by atoms with Crippen LogP contribution in [-0.4, -0.2) is 64.3 Å². The van der Waals surface area contributed by atoms with Gasteiger partial charge in [-0.05, 0) is 63.5 Å². The number of unbranched alkanes of at least 4 members (excludes halogenated alkanes) is 2. The maximum absolute atomic E-state index is 13.6. The molecule has 0 spiro atoms. The maximum atomic E-state index is 13.6. The van der Waals surface area contributed by atoms with Crippen LogP contribution in [0.3, 0.4) is 0 Å². The number of benzene rings is 1. The van der Waals surface area contributed by atoms with Crippen molar-refractivity contribution in [3.05, 3.63) is 82.0 Å². The van der Waals surface area contributed by atoms with E-state index in [4.69, 9.17) is 4.74 Å². The van der Waals surface area contributed by atoms with Gasteiger partial charge in [-0.15, -0.1) is 10.1 Å². The van der Waals surface area contributed by atoms with Crippen LogP contribution >= 0.6 is 0 Å². The maximum Gasteiger partial charge on any atom is 0.329 e. The molecule has 0 bridgehead atoms. The molecule has 1 amide bonds. The molecule has 0 saturated heterocycles. The number of amides is 1. The third-order valence-electron chi connectivity index (χ3n) is 6.86. The molecular weight excluding hydrogens is 554 g/mol. The van der Waals surface area contributed by atoms with Crippen LogP contribution in [0, 0.1) is 10.1 Å². The Kier molecular flexibility index (Phi) is 17.9. The van der Waals surface area contributed by atoms with E-state index in [-0.39, 0.29) is 32.1 Å². The number of carbonyl (C=O) groups is 3. The number of nitrogens with zero attached hydrogens (tertiary/aromatic N) is 2. The zero-order valence-electron chi connectivity index (χ0n) is 25.8. The number of allylic oxidation sites excluding steroid dienone is 5. The molecule has 1 aromatic carbocycles. The summed E-state index contributed by atoms with van der Waals surface area (Å²) in [6.07, 6.45) is 10.9. The van der Waals surface area contributed by atoms with Gasteiger partial charge >= 0.3 is 11.9 Å². The summed E-state index contributed by atoms with van der Waals surface area (Å²) < 4.78 is 5.48. The highest BCUT2D eigenvalue weighted by Gasteiger charge is 2.38. The van der Waals surface area contributed by atoms with Crippen molar-refractivity contribution in [1.29, 1.82) is 0 Å². The van der Waals surface area contributed by atoms with Crippen LogP contribution in [-0.2, 0) is 36.9 Å². The van der Waals surface area contributed by atoms with Gasteiger partial charge in [0.25, 0.3) is 5.09 Å². The first kappa shape index (κ1) is 37.0. The predicted molar refractivity (Wildman–Crippen MR) is 165 cm³/mol.